The summed E-state index contributed by atoms with van der Waals surface area (Å²) in [5, 5.41) is 0. The average molecular weight is 263 g/mol. The Morgan fingerprint density at radius 1 is 1.47 bits per heavy atom. The van der Waals surface area contributed by atoms with E-state index in [-0.39, 0.29) is 0 Å². The van der Waals surface area contributed by atoms with Gasteiger partial charge in [-0.15, -0.1) is 0 Å². The highest BCUT2D eigenvalue weighted by Gasteiger charge is 2.24. The Labute approximate surface area is 113 Å². The van der Waals surface area contributed by atoms with E-state index in [9.17, 15) is 4.79 Å². The highest BCUT2D eigenvalue weighted by Crippen LogP contribution is 2.24. The first-order chi connectivity index (χ1) is 8.99. The van der Waals surface area contributed by atoms with Gasteiger partial charge in [0.15, 0.2) is 0 Å². The molecular weight excluding hydrogens is 242 g/mol. The third-order valence-electron chi connectivity index (χ3n) is 3.72. The zero-order chi connectivity index (χ0) is 14.0. The van der Waals surface area contributed by atoms with Gasteiger partial charge in [-0.25, -0.2) is 4.98 Å². The van der Waals surface area contributed by atoms with E-state index >= 15 is 0 Å². The minimum Gasteiger partial charge on any atom is -0.397 e. The molecule has 0 radical (unpaired) electrons. The standard InChI is InChI=1S/C13H21N5O/c1-17-5-3-10(4-6-17)18(2)13-11(12(15)19)7-9(14)8-16-13/h7-8,10H,3-6,14H2,1-2H3,(H2,15,19). The van der Waals surface area contributed by atoms with Crippen molar-refractivity contribution >= 4 is 17.4 Å². The lowest BCUT2D eigenvalue weighted by molar-refractivity contribution is 0.100. The van der Waals surface area contributed by atoms with Crippen molar-refractivity contribution in [3.63, 3.8) is 0 Å². The Morgan fingerprint density at radius 2 is 2.11 bits per heavy atom. The molecule has 104 valence electrons. The Hall–Kier alpha value is -1.82. The fraction of sp³-hybridized carbons (Fsp3) is 0.538. The Kier molecular flexibility index (Phi) is 3.90. The van der Waals surface area contributed by atoms with Crippen LogP contribution in [-0.4, -0.2) is 49.0 Å². The van der Waals surface area contributed by atoms with Gasteiger partial charge in [-0.3, -0.25) is 4.79 Å². The van der Waals surface area contributed by atoms with Crippen LogP contribution in [0.3, 0.4) is 0 Å². The largest absolute Gasteiger partial charge is 0.397 e. The van der Waals surface area contributed by atoms with Crippen LogP contribution in [0.5, 0.6) is 0 Å². The van der Waals surface area contributed by atoms with Crippen molar-refractivity contribution in [1.82, 2.24) is 9.88 Å². The minimum absolute atomic E-state index is 0.380. The number of carbonyl (C=O) groups is 1. The zero-order valence-corrected chi connectivity index (χ0v) is 11.5. The molecule has 2 heterocycles. The molecular formula is C13H21N5O. The third kappa shape index (κ3) is 2.96. The summed E-state index contributed by atoms with van der Waals surface area (Å²) in [6.07, 6.45) is 3.67. The number of amides is 1. The van der Waals surface area contributed by atoms with Crippen LogP contribution in [-0.2, 0) is 0 Å². The number of nitrogens with two attached hydrogens (primary N) is 2. The molecule has 19 heavy (non-hydrogen) atoms. The molecule has 2 rings (SSSR count). The van der Waals surface area contributed by atoms with Crippen LogP contribution >= 0.6 is 0 Å². The van der Waals surface area contributed by atoms with Crippen molar-refractivity contribution in [3.8, 4) is 0 Å². The van der Waals surface area contributed by atoms with E-state index in [0.29, 0.717) is 23.1 Å². The minimum atomic E-state index is -0.491. The number of hydrogen-bond donors (Lipinski definition) is 2. The van der Waals surface area contributed by atoms with Gasteiger partial charge in [0, 0.05) is 13.1 Å². The Balaban J connectivity index is 2.23. The van der Waals surface area contributed by atoms with Gasteiger partial charge in [-0.1, -0.05) is 0 Å². The fourth-order valence-electron chi connectivity index (χ4n) is 2.49. The third-order valence-corrected chi connectivity index (χ3v) is 3.72. The SMILES string of the molecule is CN1CCC(N(C)c2ncc(N)cc2C(N)=O)CC1. The predicted molar refractivity (Wildman–Crippen MR) is 76.1 cm³/mol. The van der Waals surface area contributed by atoms with E-state index in [0.717, 1.165) is 25.9 Å². The van der Waals surface area contributed by atoms with Crippen molar-refractivity contribution < 1.29 is 4.79 Å². The van der Waals surface area contributed by atoms with E-state index in [1.807, 2.05) is 11.9 Å². The number of anilines is 2. The smallest absolute Gasteiger partial charge is 0.252 e. The summed E-state index contributed by atoms with van der Waals surface area (Å²) in [5.74, 6) is 0.130. The number of carbonyl (C=O) groups excluding carboxylic acids is 1. The van der Waals surface area contributed by atoms with Gasteiger partial charge in [-0.2, -0.15) is 0 Å². The number of likely N-dealkylation sites (tertiary alicyclic amines) is 1. The second kappa shape index (κ2) is 5.44. The lowest BCUT2D eigenvalue weighted by atomic mass is 10.0. The van der Waals surface area contributed by atoms with Crippen molar-refractivity contribution in [2.45, 2.75) is 18.9 Å². The van der Waals surface area contributed by atoms with E-state index in [2.05, 4.69) is 16.9 Å². The lowest BCUT2D eigenvalue weighted by Gasteiger charge is -2.36. The molecule has 6 heteroatoms. The molecule has 1 aliphatic rings. The molecule has 1 saturated heterocycles. The summed E-state index contributed by atoms with van der Waals surface area (Å²) in [7, 11) is 4.08. The number of aromatic nitrogens is 1. The van der Waals surface area contributed by atoms with Gasteiger partial charge < -0.3 is 21.3 Å². The number of nitrogen functional groups attached to an aromatic ring is 1. The lowest BCUT2D eigenvalue weighted by Crippen LogP contribution is -2.43. The molecule has 1 amide bonds. The van der Waals surface area contributed by atoms with Gasteiger partial charge in [-0.05, 0) is 39.0 Å². The molecule has 0 saturated carbocycles. The van der Waals surface area contributed by atoms with E-state index in [4.69, 9.17) is 11.5 Å². The monoisotopic (exact) mass is 263 g/mol. The van der Waals surface area contributed by atoms with Crippen molar-refractivity contribution in [1.29, 1.82) is 0 Å². The number of hydrogen-bond acceptors (Lipinski definition) is 5. The van der Waals surface area contributed by atoms with E-state index in [1.165, 1.54) is 0 Å². The van der Waals surface area contributed by atoms with Crippen molar-refractivity contribution in [2.75, 3.05) is 37.8 Å². The van der Waals surface area contributed by atoms with Gasteiger partial charge in [0.2, 0.25) is 0 Å². The molecule has 0 atom stereocenters. The number of primary amides is 1. The van der Waals surface area contributed by atoms with Crippen LogP contribution in [0.2, 0.25) is 0 Å². The Morgan fingerprint density at radius 3 is 2.68 bits per heavy atom. The highest BCUT2D eigenvalue weighted by atomic mass is 16.1. The van der Waals surface area contributed by atoms with Crippen molar-refractivity contribution in [2.24, 2.45) is 5.73 Å². The zero-order valence-electron chi connectivity index (χ0n) is 11.5. The number of nitrogens with zero attached hydrogens (tertiary/aromatic N) is 3. The van der Waals surface area contributed by atoms with Crippen LogP contribution < -0.4 is 16.4 Å². The van der Waals surface area contributed by atoms with Gasteiger partial charge in [0.25, 0.3) is 5.91 Å². The molecule has 1 aromatic heterocycles. The van der Waals surface area contributed by atoms with Crippen LogP contribution in [0.15, 0.2) is 12.3 Å². The predicted octanol–water partition coefficient (Wildman–Crippen LogP) is 0.293. The summed E-state index contributed by atoms with van der Waals surface area (Å²) < 4.78 is 0. The van der Waals surface area contributed by atoms with Crippen LogP contribution in [0.25, 0.3) is 0 Å². The topological polar surface area (TPSA) is 88.5 Å². The molecule has 1 fully saturated rings. The second-order valence-corrected chi connectivity index (χ2v) is 5.15. The fourth-order valence-corrected chi connectivity index (χ4v) is 2.49. The molecule has 0 aromatic carbocycles. The molecule has 6 nitrogen and oxygen atoms in total. The van der Waals surface area contributed by atoms with Crippen LogP contribution in [0.1, 0.15) is 23.2 Å². The van der Waals surface area contributed by atoms with Crippen molar-refractivity contribution in [3.05, 3.63) is 17.8 Å². The second-order valence-electron chi connectivity index (χ2n) is 5.15. The van der Waals surface area contributed by atoms with Gasteiger partial charge >= 0.3 is 0 Å². The van der Waals surface area contributed by atoms with Gasteiger partial charge in [0.05, 0.1) is 17.4 Å². The summed E-state index contributed by atoms with van der Waals surface area (Å²) >= 11 is 0. The first kappa shape index (κ1) is 13.6. The summed E-state index contributed by atoms with van der Waals surface area (Å²) in [6.45, 7) is 2.10. The quantitative estimate of drug-likeness (QED) is 0.818. The Bertz CT molecular complexity index is 468. The van der Waals surface area contributed by atoms with E-state index in [1.54, 1.807) is 12.3 Å². The maximum atomic E-state index is 11.5. The number of piperidine rings is 1. The molecule has 0 aliphatic carbocycles. The molecule has 0 spiro atoms. The van der Waals surface area contributed by atoms with E-state index < -0.39 is 5.91 Å². The molecule has 0 bridgehead atoms. The average Bonchev–Trinajstić information content (AvgIpc) is 2.38. The first-order valence-electron chi connectivity index (χ1n) is 6.45. The maximum Gasteiger partial charge on any atom is 0.252 e. The summed E-state index contributed by atoms with van der Waals surface area (Å²) in [5.41, 5.74) is 11.9. The highest BCUT2D eigenvalue weighted by molar-refractivity contribution is 5.98. The molecule has 1 aliphatic heterocycles. The maximum absolute atomic E-state index is 11.5. The normalized spacial score (nSPS) is 17.4. The molecule has 4 N–H and O–H groups in total. The molecule has 0 unspecified atom stereocenters. The van der Waals surface area contributed by atoms with Crippen LogP contribution in [0.4, 0.5) is 11.5 Å². The van der Waals surface area contributed by atoms with Gasteiger partial charge in [0.1, 0.15) is 5.82 Å². The number of rotatable bonds is 3. The summed E-state index contributed by atoms with van der Waals surface area (Å²) in [6, 6.07) is 1.97. The number of pyridine rings is 1. The molecule has 1 aromatic rings. The first-order valence-corrected chi connectivity index (χ1v) is 6.45. The van der Waals surface area contributed by atoms with Crippen LogP contribution in [0, 0.1) is 0 Å². The summed E-state index contributed by atoms with van der Waals surface area (Å²) in [4.78, 5) is 20.1.